The largest absolute Gasteiger partial charge is 0.465 e. The standard InChI is InChI=1S/C15H13ClN2O2/c16-13-7-5-12(6-8-13)11-15(19)18-17-9-1-3-14-4-2-10-20-14/h1-10H,11H2,(H,18,19)/b3-1+,17-9-. The fourth-order valence-corrected chi connectivity index (χ4v) is 1.63. The van der Waals surface area contributed by atoms with Gasteiger partial charge in [0.2, 0.25) is 5.91 Å². The van der Waals surface area contributed by atoms with Gasteiger partial charge in [0.1, 0.15) is 5.76 Å². The minimum absolute atomic E-state index is 0.185. The second-order valence-electron chi connectivity index (χ2n) is 3.99. The molecule has 0 radical (unpaired) electrons. The number of amides is 1. The van der Waals surface area contributed by atoms with Gasteiger partial charge in [-0.2, -0.15) is 5.10 Å². The van der Waals surface area contributed by atoms with Crippen LogP contribution >= 0.6 is 11.6 Å². The molecule has 1 amide bonds. The van der Waals surface area contributed by atoms with Crippen LogP contribution in [-0.4, -0.2) is 12.1 Å². The Labute approximate surface area is 121 Å². The van der Waals surface area contributed by atoms with Crippen LogP contribution in [0.15, 0.2) is 58.3 Å². The van der Waals surface area contributed by atoms with Crippen LogP contribution in [0.5, 0.6) is 0 Å². The molecule has 2 rings (SSSR count). The van der Waals surface area contributed by atoms with E-state index in [1.807, 2.05) is 18.2 Å². The normalized spacial score (nSPS) is 11.2. The zero-order valence-corrected chi connectivity index (χ0v) is 11.4. The molecule has 5 heteroatoms. The Kier molecular flexibility index (Phi) is 5.15. The van der Waals surface area contributed by atoms with E-state index in [1.54, 1.807) is 36.6 Å². The Morgan fingerprint density at radius 2 is 2.10 bits per heavy atom. The van der Waals surface area contributed by atoms with Gasteiger partial charge in [0.15, 0.2) is 0 Å². The van der Waals surface area contributed by atoms with Crippen molar-refractivity contribution in [1.29, 1.82) is 0 Å². The molecule has 1 heterocycles. The summed E-state index contributed by atoms with van der Waals surface area (Å²) in [6.45, 7) is 0. The molecule has 0 saturated carbocycles. The molecule has 1 aromatic heterocycles. The van der Waals surface area contributed by atoms with Crippen LogP contribution in [-0.2, 0) is 11.2 Å². The van der Waals surface area contributed by atoms with Gasteiger partial charge in [-0.1, -0.05) is 23.7 Å². The lowest BCUT2D eigenvalue weighted by molar-refractivity contribution is -0.120. The maximum atomic E-state index is 11.6. The molecule has 0 aliphatic heterocycles. The van der Waals surface area contributed by atoms with Crippen LogP contribution in [0.1, 0.15) is 11.3 Å². The van der Waals surface area contributed by atoms with Gasteiger partial charge in [-0.3, -0.25) is 4.79 Å². The lowest BCUT2D eigenvalue weighted by Crippen LogP contribution is -2.19. The number of allylic oxidation sites excluding steroid dienone is 1. The van der Waals surface area contributed by atoms with E-state index in [0.717, 1.165) is 11.3 Å². The predicted molar refractivity (Wildman–Crippen MR) is 79.5 cm³/mol. The van der Waals surface area contributed by atoms with Crippen LogP contribution < -0.4 is 5.43 Å². The van der Waals surface area contributed by atoms with E-state index in [-0.39, 0.29) is 12.3 Å². The SMILES string of the molecule is O=C(Cc1ccc(Cl)cc1)N/N=C\C=C\c1ccco1. The topological polar surface area (TPSA) is 54.6 Å². The van der Waals surface area contributed by atoms with Gasteiger partial charge >= 0.3 is 0 Å². The maximum Gasteiger partial charge on any atom is 0.244 e. The molecule has 0 atom stereocenters. The molecular formula is C15H13ClN2O2. The van der Waals surface area contributed by atoms with Gasteiger partial charge in [-0.05, 0) is 42.0 Å². The second kappa shape index (κ2) is 7.31. The van der Waals surface area contributed by atoms with Crippen LogP contribution in [0.3, 0.4) is 0 Å². The zero-order valence-electron chi connectivity index (χ0n) is 10.6. The van der Waals surface area contributed by atoms with Crippen LogP contribution in [0.2, 0.25) is 5.02 Å². The number of benzene rings is 1. The third-order valence-electron chi connectivity index (χ3n) is 2.43. The summed E-state index contributed by atoms with van der Waals surface area (Å²) in [7, 11) is 0. The van der Waals surface area contributed by atoms with Gasteiger partial charge < -0.3 is 4.42 Å². The van der Waals surface area contributed by atoms with E-state index in [1.165, 1.54) is 6.21 Å². The number of hydrogen-bond donors (Lipinski definition) is 1. The quantitative estimate of drug-likeness (QED) is 0.678. The molecule has 0 fully saturated rings. The molecule has 0 saturated heterocycles. The number of hydrazone groups is 1. The fourth-order valence-electron chi connectivity index (χ4n) is 1.50. The third-order valence-corrected chi connectivity index (χ3v) is 2.68. The highest BCUT2D eigenvalue weighted by molar-refractivity contribution is 6.30. The molecule has 0 bridgehead atoms. The van der Waals surface area contributed by atoms with Crippen molar-refractivity contribution < 1.29 is 9.21 Å². The summed E-state index contributed by atoms with van der Waals surface area (Å²) in [5.41, 5.74) is 3.32. The van der Waals surface area contributed by atoms with E-state index < -0.39 is 0 Å². The lowest BCUT2D eigenvalue weighted by Gasteiger charge is -1.99. The Morgan fingerprint density at radius 3 is 2.80 bits per heavy atom. The monoisotopic (exact) mass is 288 g/mol. The van der Waals surface area contributed by atoms with Crippen molar-refractivity contribution >= 4 is 29.8 Å². The first-order chi connectivity index (χ1) is 9.74. The highest BCUT2D eigenvalue weighted by atomic mass is 35.5. The minimum Gasteiger partial charge on any atom is -0.465 e. The number of nitrogens with one attached hydrogen (secondary N) is 1. The molecule has 0 aliphatic carbocycles. The summed E-state index contributed by atoms with van der Waals surface area (Å²) in [5, 5.41) is 4.45. The summed E-state index contributed by atoms with van der Waals surface area (Å²) < 4.78 is 5.10. The molecule has 4 nitrogen and oxygen atoms in total. The van der Waals surface area contributed by atoms with Crippen molar-refractivity contribution in [2.45, 2.75) is 6.42 Å². The Balaban J connectivity index is 1.76. The highest BCUT2D eigenvalue weighted by Gasteiger charge is 2.01. The molecule has 0 aliphatic rings. The van der Waals surface area contributed by atoms with Crippen molar-refractivity contribution in [1.82, 2.24) is 5.43 Å². The molecule has 20 heavy (non-hydrogen) atoms. The summed E-state index contributed by atoms with van der Waals surface area (Å²) in [6, 6.07) is 10.7. The number of furan rings is 1. The highest BCUT2D eigenvalue weighted by Crippen LogP contribution is 2.09. The Morgan fingerprint density at radius 1 is 1.30 bits per heavy atom. The van der Waals surface area contributed by atoms with Crippen molar-refractivity contribution in [3.05, 3.63) is 65.1 Å². The van der Waals surface area contributed by atoms with E-state index in [0.29, 0.717) is 5.02 Å². The summed E-state index contributed by atoms with van der Waals surface area (Å²) in [4.78, 5) is 11.6. The molecule has 1 aromatic carbocycles. The van der Waals surface area contributed by atoms with Crippen LogP contribution in [0.25, 0.3) is 6.08 Å². The Hall–Kier alpha value is -2.33. The number of halogens is 1. The van der Waals surface area contributed by atoms with E-state index >= 15 is 0 Å². The van der Waals surface area contributed by atoms with Crippen LogP contribution in [0.4, 0.5) is 0 Å². The third kappa shape index (κ3) is 4.74. The smallest absolute Gasteiger partial charge is 0.244 e. The minimum atomic E-state index is -0.185. The van der Waals surface area contributed by atoms with E-state index in [2.05, 4.69) is 10.5 Å². The van der Waals surface area contributed by atoms with Gasteiger partial charge in [-0.15, -0.1) is 0 Å². The van der Waals surface area contributed by atoms with E-state index in [9.17, 15) is 4.79 Å². The van der Waals surface area contributed by atoms with Gasteiger partial charge in [0.25, 0.3) is 0 Å². The van der Waals surface area contributed by atoms with Crippen molar-refractivity contribution in [3.8, 4) is 0 Å². The van der Waals surface area contributed by atoms with Crippen molar-refractivity contribution in [2.24, 2.45) is 5.10 Å². The first-order valence-electron chi connectivity index (χ1n) is 6.00. The first kappa shape index (κ1) is 14.1. The van der Waals surface area contributed by atoms with E-state index in [4.69, 9.17) is 16.0 Å². The summed E-state index contributed by atoms with van der Waals surface area (Å²) in [6.07, 6.45) is 6.76. The number of rotatable bonds is 5. The van der Waals surface area contributed by atoms with Crippen molar-refractivity contribution in [2.75, 3.05) is 0 Å². The average molecular weight is 289 g/mol. The molecule has 0 spiro atoms. The molecule has 1 N–H and O–H groups in total. The summed E-state index contributed by atoms with van der Waals surface area (Å²) in [5.74, 6) is 0.541. The lowest BCUT2D eigenvalue weighted by atomic mass is 10.1. The van der Waals surface area contributed by atoms with Gasteiger partial charge in [0, 0.05) is 11.2 Å². The maximum absolute atomic E-state index is 11.6. The number of nitrogens with zero attached hydrogens (tertiary/aromatic N) is 1. The number of carbonyl (C=O) groups is 1. The zero-order chi connectivity index (χ0) is 14.2. The van der Waals surface area contributed by atoms with Crippen molar-refractivity contribution in [3.63, 3.8) is 0 Å². The second-order valence-corrected chi connectivity index (χ2v) is 4.43. The molecule has 102 valence electrons. The Bertz CT molecular complexity index is 601. The predicted octanol–water partition coefficient (Wildman–Crippen LogP) is 3.29. The fraction of sp³-hybridized carbons (Fsp3) is 0.0667. The number of carbonyl (C=O) groups excluding carboxylic acids is 1. The van der Waals surface area contributed by atoms with Gasteiger partial charge in [0.05, 0.1) is 12.7 Å². The van der Waals surface area contributed by atoms with Crippen LogP contribution in [0, 0.1) is 0 Å². The molecular weight excluding hydrogens is 276 g/mol. The average Bonchev–Trinajstić information content (AvgIpc) is 2.94. The first-order valence-corrected chi connectivity index (χ1v) is 6.38. The molecule has 2 aromatic rings. The molecule has 0 unspecified atom stereocenters. The summed E-state index contributed by atoms with van der Waals surface area (Å²) >= 11 is 5.77. The van der Waals surface area contributed by atoms with Gasteiger partial charge in [-0.25, -0.2) is 5.43 Å². The number of hydrogen-bond acceptors (Lipinski definition) is 3.